The molecule has 1 unspecified atom stereocenters. The number of nitrogens with zero attached hydrogens (tertiary/aromatic N) is 1. The minimum atomic E-state index is -2.92. The van der Waals surface area contributed by atoms with Crippen molar-refractivity contribution < 1.29 is 23.0 Å². The van der Waals surface area contributed by atoms with Gasteiger partial charge in [-0.1, -0.05) is 11.6 Å². The van der Waals surface area contributed by atoms with Crippen LogP contribution in [0.1, 0.15) is 10.5 Å². The molecule has 7 heteroatoms. The number of pyridine rings is 1. The maximum atomic E-state index is 12.2. The summed E-state index contributed by atoms with van der Waals surface area (Å²) in [5.74, 6) is -1.02. The van der Waals surface area contributed by atoms with Gasteiger partial charge >= 0.3 is 5.97 Å². The van der Waals surface area contributed by atoms with Crippen molar-refractivity contribution in [1.82, 2.24) is 4.98 Å². The summed E-state index contributed by atoms with van der Waals surface area (Å²) in [6, 6.07) is 2.65. The lowest BCUT2D eigenvalue weighted by Gasteiger charge is -2.14. The Morgan fingerprint density at radius 3 is 2.75 bits per heavy atom. The van der Waals surface area contributed by atoms with Gasteiger partial charge in [0.25, 0.3) is 12.7 Å². The molecule has 0 saturated carbocycles. The molecule has 1 rings (SSSR count). The molecular weight excluding hydrogens is 244 g/mol. The smallest absolute Gasteiger partial charge is 0.359 e. The van der Waals surface area contributed by atoms with Crippen molar-refractivity contribution in [3.63, 3.8) is 0 Å². The molecule has 0 N–H and O–H groups in total. The fourth-order valence-corrected chi connectivity index (χ4v) is 1.04. The Kier molecular flexibility index (Phi) is 4.57. The summed E-state index contributed by atoms with van der Waals surface area (Å²) in [6.07, 6.45) is -3.57. The van der Waals surface area contributed by atoms with Gasteiger partial charge in [0.05, 0.1) is 0 Å². The number of methoxy groups -OCH3 is 1. The molecule has 0 aromatic carbocycles. The molecule has 0 bridgehead atoms. The van der Waals surface area contributed by atoms with Crippen LogP contribution in [0.3, 0.4) is 0 Å². The van der Waals surface area contributed by atoms with E-state index in [1.165, 1.54) is 18.3 Å². The van der Waals surface area contributed by atoms with E-state index in [0.29, 0.717) is 0 Å². The summed E-state index contributed by atoms with van der Waals surface area (Å²) in [5.41, 5.74) is -0.157. The maximum absolute atomic E-state index is 12.2. The maximum Gasteiger partial charge on any atom is 0.359 e. The highest BCUT2D eigenvalue weighted by Crippen LogP contribution is 2.12. The summed E-state index contributed by atoms with van der Waals surface area (Å²) in [5, 5.41) is 0.257. The van der Waals surface area contributed by atoms with Crippen LogP contribution in [0.15, 0.2) is 18.3 Å². The number of rotatable bonds is 4. The lowest BCUT2D eigenvalue weighted by molar-refractivity contribution is -0.163. The van der Waals surface area contributed by atoms with Gasteiger partial charge in [-0.15, -0.1) is 0 Å². The van der Waals surface area contributed by atoms with E-state index in [0.717, 1.165) is 7.11 Å². The molecule has 1 aromatic heterocycles. The predicted molar refractivity (Wildman–Crippen MR) is 51.5 cm³/mol. The van der Waals surface area contributed by atoms with E-state index in [1.54, 1.807) is 0 Å². The number of hydrogen-bond acceptors (Lipinski definition) is 4. The van der Waals surface area contributed by atoms with Crippen molar-refractivity contribution in [1.29, 1.82) is 0 Å². The number of esters is 1. The highest BCUT2D eigenvalue weighted by atomic mass is 35.5. The van der Waals surface area contributed by atoms with Gasteiger partial charge < -0.3 is 9.47 Å². The molecule has 1 heterocycles. The zero-order valence-corrected chi connectivity index (χ0v) is 8.95. The second-order valence-corrected chi connectivity index (χ2v) is 3.14. The SMILES string of the molecule is COC(OC(=O)c1cc(Cl)ccn1)C(F)F. The van der Waals surface area contributed by atoms with Gasteiger partial charge in [0.1, 0.15) is 5.69 Å². The largest absolute Gasteiger partial charge is 0.425 e. The van der Waals surface area contributed by atoms with Crippen LogP contribution in [0.25, 0.3) is 0 Å². The molecule has 0 aliphatic heterocycles. The molecule has 0 amide bonds. The Balaban J connectivity index is 2.72. The van der Waals surface area contributed by atoms with E-state index in [4.69, 9.17) is 11.6 Å². The number of carbonyl (C=O) groups excluding carboxylic acids is 1. The first-order valence-corrected chi connectivity index (χ1v) is 4.56. The van der Waals surface area contributed by atoms with E-state index in [-0.39, 0.29) is 10.7 Å². The standard InChI is InChI=1S/C9H8ClF2NO3/c1-15-9(7(11)12)16-8(14)6-4-5(10)2-3-13-6/h2-4,7,9H,1H3. The lowest BCUT2D eigenvalue weighted by Crippen LogP contribution is -2.27. The van der Waals surface area contributed by atoms with Crippen LogP contribution in [-0.2, 0) is 9.47 Å². The Bertz CT molecular complexity index is 376. The van der Waals surface area contributed by atoms with Crippen LogP contribution in [-0.4, -0.2) is 30.8 Å². The lowest BCUT2D eigenvalue weighted by atomic mass is 10.3. The number of ether oxygens (including phenoxy) is 2. The normalized spacial score (nSPS) is 12.6. The molecule has 1 aromatic rings. The van der Waals surface area contributed by atoms with Gasteiger partial charge in [0.15, 0.2) is 0 Å². The third-order valence-electron chi connectivity index (χ3n) is 1.59. The second kappa shape index (κ2) is 5.72. The molecule has 0 aliphatic carbocycles. The summed E-state index contributed by atoms with van der Waals surface area (Å²) in [6.45, 7) is 0. The van der Waals surface area contributed by atoms with Crippen LogP contribution in [0.4, 0.5) is 8.78 Å². The first-order chi connectivity index (χ1) is 7.54. The second-order valence-electron chi connectivity index (χ2n) is 2.70. The van der Waals surface area contributed by atoms with Gasteiger partial charge in [0, 0.05) is 18.3 Å². The van der Waals surface area contributed by atoms with Crippen LogP contribution in [0, 0.1) is 0 Å². The zero-order chi connectivity index (χ0) is 12.1. The van der Waals surface area contributed by atoms with Crippen molar-refractivity contribution >= 4 is 17.6 Å². The monoisotopic (exact) mass is 251 g/mol. The number of carbonyl (C=O) groups is 1. The van der Waals surface area contributed by atoms with Gasteiger partial charge in [-0.3, -0.25) is 0 Å². The Morgan fingerprint density at radius 1 is 1.56 bits per heavy atom. The van der Waals surface area contributed by atoms with Crippen molar-refractivity contribution in [2.24, 2.45) is 0 Å². The number of aromatic nitrogens is 1. The third-order valence-corrected chi connectivity index (χ3v) is 1.83. The topological polar surface area (TPSA) is 48.4 Å². The fraction of sp³-hybridized carbons (Fsp3) is 0.333. The average molecular weight is 252 g/mol. The predicted octanol–water partition coefficient (Wildman–Crippen LogP) is 2.13. The number of halogens is 3. The Labute approximate surface area is 95.1 Å². The quantitative estimate of drug-likeness (QED) is 0.608. The van der Waals surface area contributed by atoms with Crippen molar-refractivity contribution in [3.8, 4) is 0 Å². The van der Waals surface area contributed by atoms with Gasteiger partial charge in [-0.25, -0.2) is 18.6 Å². The van der Waals surface area contributed by atoms with Crippen molar-refractivity contribution in [3.05, 3.63) is 29.0 Å². The van der Waals surface area contributed by atoms with Crippen molar-refractivity contribution in [2.75, 3.05) is 7.11 Å². The zero-order valence-electron chi connectivity index (χ0n) is 8.19. The van der Waals surface area contributed by atoms with Crippen LogP contribution in [0.2, 0.25) is 5.02 Å². The van der Waals surface area contributed by atoms with Crippen LogP contribution < -0.4 is 0 Å². The number of hydrogen-bond donors (Lipinski definition) is 0. The minimum absolute atomic E-state index is 0.157. The first kappa shape index (κ1) is 12.8. The molecule has 0 spiro atoms. The summed E-state index contributed by atoms with van der Waals surface area (Å²) in [4.78, 5) is 14.9. The minimum Gasteiger partial charge on any atom is -0.425 e. The molecule has 0 fully saturated rings. The van der Waals surface area contributed by atoms with E-state index in [9.17, 15) is 13.6 Å². The van der Waals surface area contributed by atoms with Crippen LogP contribution in [0.5, 0.6) is 0 Å². The van der Waals surface area contributed by atoms with Gasteiger partial charge in [-0.05, 0) is 12.1 Å². The summed E-state index contributed by atoms with van der Waals surface area (Å²) < 4.78 is 33.1. The average Bonchev–Trinajstić information content (AvgIpc) is 2.25. The molecule has 16 heavy (non-hydrogen) atoms. The molecule has 4 nitrogen and oxygen atoms in total. The first-order valence-electron chi connectivity index (χ1n) is 4.18. The molecule has 1 atom stereocenters. The third kappa shape index (κ3) is 3.39. The fourth-order valence-electron chi connectivity index (χ4n) is 0.885. The molecule has 0 radical (unpaired) electrons. The molecule has 88 valence electrons. The highest BCUT2D eigenvalue weighted by Gasteiger charge is 2.25. The van der Waals surface area contributed by atoms with Gasteiger partial charge in [-0.2, -0.15) is 0 Å². The molecular formula is C9H8ClF2NO3. The molecule has 0 aliphatic rings. The summed E-state index contributed by atoms with van der Waals surface area (Å²) >= 11 is 5.59. The van der Waals surface area contributed by atoms with E-state index >= 15 is 0 Å². The summed E-state index contributed by atoms with van der Waals surface area (Å²) in [7, 11) is 1.01. The van der Waals surface area contributed by atoms with E-state index in [1.807, 2.05) is 0 Å². The van der Waals surface area contributed by atoms with E-state index in [2.05, 4.69) is 14.5 Å². The highest BCUT2D eigenvalue weighted by molar-refractivity contribution is 6.30. The Hall–Kier alpha value is -1.27. The Morgan fingerprint density at radius 2 is 2.25 bits per heavy atom. The van der Waals surface area contributed by atoms with E-state index < -0.39 is 18.7 Å². The molecule has 0 saturated heterocycles. The van der Waals surface area contributed by atoms with Crippen LogP contribution >= 0.6 is 11.6 Å². The van der Waals surface area contributed by atoms with Crippen molar-refractivity contribution in [2.45, 2.75) is 12.7 Å². The number of alkyl halides is 2. The van der Waals surface area contributed by atoms with Gasteiger partial charge in [0.2, 0.25) is 0 Å².